The molecule has 26 heavy (non-hydrogen) atoms. The molecular formula is C22H14N2OS. The van der Waals surface area contributed by atoms with Gasteiger partial charge in [0.25, 0.3) is 0 Å². The molecule has 0 aliphatic rings. The first-order valence-electron chi connectivity index (χ1n) is 8.33. The number of nitrogens with zero attached hydrogens (tertiary/aromatic N) is 2. The topological polar surface area (TPSA) is 46.0 Å². The smallest absolute Gasteiger partial charge is 0.149 e. The number of para-hydroxylation sites is 1. The first-order chi connectivity index (χ1) is 12.8. The van der Waals surface area contributed by atoms with Gasteiger partial charge in [0.2, 0.25) is 0 Å². The molecule has 0 unspecified atom stereocenters. The maximum absolute atomic E-state index is 10.6. The van der Waals surface area contributed by atoms with Crippen LogP contribution in [-0.4, -0.2) is 15.1 Å². The number of rotatable bonds is 2. The molecule has 2 aromatic heterocycles. The molecule has 0 atom stereocenters. The summed E-state index contributed by atoms with van der Waals surface area (Å²) in [6, 6.07) is 24.0. The molecular weight excluding hydrogens is 340 g/mol. The lowest BCUT2D eigenvalue weighted by molar-refractivity contribution is 0.482. The monoisotopic (exact) mass is 354 g/mol. The van der Waals surface area contributed by atoms with Gasteiger partial charge in [0.15, 0.2) is 0 Å². The summed E-state index contributed by atoms with van der Waals surface area (Å²) in [5.41, 5.74) is 4.47. The van der Waals surface area contributed by atoms with E-state index in [1.54, 1.807) is 17.5 Å². The Labute approximate surface area is 154 Å². The van der Waals surface area contributed by atoms with Crippen molar-refractivity contribution < 1.29 is 5.11 Å². The van der Waals surface area contributed by atoms with Crippen molar-refractivity contribution in [2.45, 2.75) is 0 Å². The van der Waals surface area contributed by atoms with Gasteiger partial charge >= 0.3 is 0 Å². The number of thiazole rings is 1. The van der Waals surface area contributed by atoms with Gasteiger partial charge < -0.3 is 5.11 Å². The van der Waals surface area contributed by atoms with Crippen LogP contribution in [0.15, 0.2) is 79.0 Å². The van der Waals surface area contributed by atoms with Crippen LogP contribution in [0, 0.1) is 0 Å². The fraction of sp³-hybridized carbons (Fsp3) is 0. The van der Waals surface area contributed by atoms with Gasteiger partial charge in [0.05, 0.1) is 10.2 Å². The van der Waals surface area contributed by atoms with Crippen LogP contribution in [-0.2, 0) is 0 Å². The molecule has 0 saturated carbocycles. The van der Waals surface area contributed by atoms with E-state index in [2.05, 4.69) is 23.2 Å². The van der Waals surface area contributed by atoms with Crippen molar-refractivity contribution in [1.82, 2.24) is 9.97 Å². The van der Waals surface area contributed by atoms with Crippen molar-refractivity contribution in [3.05, 3.63) is 79.0 Å². The van der Waals surface area contributed by atoms with Crippen LogP contribution in [0.2, 0.25) is 0 Å². The Morgan fingerprint density at radius 2 is 1.58 bits per heavy atom. The largest absolute Gasteiger partial charge is 0.505 e. The number of phenolic OH excluding ortho intramolecular Hbond substituents is 1. The summed E-state index contributed by atoms with van der Waals surface area (Å²) in [7, 11) is 0. The highest BCUT2D eigenvalue weighted by Crippen LogP contribution is 2.36. The average Bonchev–Trinajstić information content (AvgIpc) is 3.13. The number of aromatic hydroxyl groups is 1. The van der Waals surface area contributed by atoms with Crippen LogP contribution in [0.3, 0.4) is 0 Å². The molecule has 5 rings (SSSR count). The number of benzene rings is 3. The van der Waals surface area contributed by atoms with Gasteiger partial charge in [0.1, 0.15) is 16.3 Å². The number of aromatic nitrogens is 2. The van der Waals surface area contributed by atoms with Crippen LogP contribution in [0.4, 0.5) is 0 Å². The maximum atomic E-state index is 10.6. The van der Waals surface area contributed by atoms with Gasteiger partial charge in [-0.3, -0.25) is 4.98 Å². The van der Waals surface area contributed by atoms with Crippen LogP contribution in [0.1, 0.15) is 0 Å². The second-order valence-corrected chi connectivity index (χ2v) is 7.13. The van der Waals surface area contributed by atoms with E-state index in [0.717, 1.165) is 32.6 Å². The minimum atomic E-state index is 0.218. The summed E-state index contributed by atoms with van der Waals surface area (Å²) in [6.45, 7) is 0. The second kappa shape index (κ2) is 5.93. The number of hydrogen-bond acceptors (Lipinski definition) is 4. The van der Waals surface area contributed by atoms with Gasteiger partial charge in [-0.1, -0.05) is 48.5 Å². The Morgan fingerprint density at radius 3 is 2.42 bits per heavy atom. The molecule has 3 nitrogen and oxygen atoms in total. The standard InChI is InChI=1S/C22H14N2OS/c25-21-17(12-11-15-4-3-13-23-20(15)21)14-7-9-16(10-8-14)22-24-18-5-1-2-6-19(18)26-22/h1-13,25H. The fourth-order valence-electron chi connectivity index (χ4n) is 3.15. The third-order valence-electron chi connectivity index (χ3n) is 4.48. The Hall–Kier alpha value is -3.24. The Kier molecular flexibility index (Phi) is 3.43. The summed E-state index contributed by atoms with van der Waals surface area (Å²) in [4.78, 5) is 9.00. The number of pyridine rings is 1. The van der Waals surface area contributed by atoms with E-state index < -0.39 is 0 Å². The molecule has 1 N–H and O–H groups in total. The van der Waals surface area contributed by atoms with Crippen LogP contribution in [0.5, 0.6) is 5.75 Å². The normalized spacial score (nSPS) is 11.2. The van der Waals surface area contributed by atoms with E-state index in [-0.39, 0.29) is 5.75 Å². The van der Waals surface area contributed by atoms with E-state index >= 15 is 0 Å². The SMILES string of the molecule is Oc1c(-c2ccc(-c3nc4ccccc4s3)cc2)ccc2cccnc12. The molecule has 124 valence electrons. The predicted molar refractivity (Wildman–Crippen MR) is 107 cm³/mol. The van der Waals surface area contributed by atoms with Crippen LogP contribution >= 0.6 is 11.3 Å². The van der Waals surface area contributed by atoms with Crippen LogP contribution in [0.25, 0.3) is 42.8 Å². The lowest BCUT2D eigenvalue weighted by atomic mass is 10.0. The van der Waals surface area contributed by atoms with Gasteiger partial charge in [-0.15, -0.1) is 11.3 Å². The molecule has 0 aliphatic carbocycles. The van der Waals surface area contributed by atoms with Gasteiger partial charge in [-0.05, 0) is 29.8 Å². The quantitative estimate of drug-likeness (QED) is 0.430. The Balaban J connectivity index is 1.57. The molecule has 4 heteroatoms. The molecule has 0 saturated heterocycles. The minimum Gasteiger partial charge on any atom is -0.505 e. The maximum Gasteiger partial charge on any atom is 0.149 e. The molecule has 0 amide bonds. The summed E-state index contributed by atoms with van der Waals surface area (Å²) in [5.74, 6) is 0.218. The molecule has 0 spiro atoms. The van der Waals surface area contributed by atoms with E-state index in [1.807, 2.05) is 54.6 Å². The number of hydrogen-bond donors (Lipinski definition) is 1. The lowest BCUT2D eigenvalue weighted by Crippen LogP contribution is -1.84. The van der Waals surface area contributed by atoms with Crippen molar-refractivity contribution in [1.29, 1.82) is 0 Å². The Morgan fingerprint density at radius 1 is 0.769 bits per heavy atom. The summed E-state index contributed by atoms with van der Waals surface area (Å²) >= 11 is 1.69. The van der Waals surface area contributed by atoms with Crippen molar-refractivity contribution in [3.63, 3.8) is 0 Å². The lowest BCUT2D eigenvalue weighted by Gasteiger charge is -2.08. The van der Waals surface area contributed by atoms with E-state index in [9.17, 15) is 5.11 Å². The van der Waals surface area contributed by atoms with E-state index in [4.69, 9.17) is 4.98 Å². The zero-order valence-electron chi connectivity index (χ0n) is 13.8. The molecule has 5 aromatic rings. The third kappa shape index (κ3) is 2.43. The highest BCUT2D eigenvalue weighted by molar-refractivity contribution is 7.21. The highest BCUT2D eigenvalue weighted by Gasteiger charge is 2.11. The minimum absolute atomic E-state index is 0.218. The molecule has 2 heterocycles. The third-order valence-corrected chi connectivity index (χ3v) is 5.57. The van der Waals surface area contributed by atoms with Crippen LogP contribution < -0.4 is 0 Å². The van der Waals surface area contributed by atoms with Gasteiger partial charge in [0, 0.05) is 22.7 Å². The van der Waals surface area contributed by atoms with Crippen molar-refractivity contribution >= 4 is 32.5 Å². The second-order valence-electron chi connectivity index (χ2n) is 6.10. The molecule has 3 aromatic carbocycles. The van der Waals surface area contributed by atoms with Gasteiger partial charge in [-0.2, -0.15) is 0 Å². The van der Waals surface area contributed by atoms with Crippen molar-refractivity contribution in [3.8, 4) is 27.4 Å². The average molecular weight is 354 g/mol. The van der Waals surface area contributed by atoms with Crippen molar-refractivity contribution in [2.75, 3.05) is 0 Å². The zero-order chi connectivity index (χ0) is 17.5. The van der Waals surface area contributed by atoms with Gasteiger partial charge in [-0.25, -0.2) is 4.98 Å². The van der Waals surface area contributed by atoms with E-state index in [0.29, 0.717) is 5.52 Å². The molecule has 0 fully saturated rings. The first-order valence-corrected chi connectivity index (χ1v) is 9.14. The van der Waals surface area contributed by atoms with Crippen molar-refractivity contribution in [2.24, 2.45) is 0 Å². The summed E-state index contributed by atoms with van der Waals surface area (Å²) in [5, 5.41) is 12.5. The predicted octanol–water partition coefficient (Wildman–Crippen LogP) is 5.88. The highest BCUT2D eigenvalue weighted by atomic mass is 32.1. The van der Waals surface area contributed by atoms with E-state index in [1.165, 1.54) is 4.70 Å². The molecule has 0 radical (unpaired) electrons. The molecule has 0 aliphatic heterocycles. The fourth-order valence-corrected chi connectivity index (χ4v) is 4.12. The number of phenols is 1. The Bertz CT molecular complexity index is 1210. The zero-order valence-corrected chi connectivity index (χ0v) is 14.6. The summed E-state index contributed by atoms with van der Waals surface area (Å²) < 4.78 is 1.19. The molecule has 0 bridgehead atoms. The summed E-state index contributed by atoms with van der Waals surface area (Å²) in [6.07, 6.45) is 1.70. The number of fused-ring (bicyclic) bond motifs is 2. The first kappa shape index (κ1) is 15.0.